The van der Waals surface area contributed by atoms with Crippen molar-refractivity contribution in [3.63, 3.8) is 0 Å². The number of benzene rings is 2. The van der Waals surface area contributed by atoms with Gasteiger partial charge in [-0.05, 0) is 36.4 Å². The number of rotatable bonds is 4. The van der Waals surface area contributed by atoms with Crippen LogP contribution in [0.25, 0.3) is 0 Å². The summed E-state index contributed by atoms with van der Waals surface area (Å²) in [7, 11) is 2.95. The van der Waals surface area contributed by atoms with E-state index in [0.29, 0.717) is 22.7 Å². The first-order valence-corrected chi connectivity index (χ1v) is 5.93. The lowest BCUT2D eigenvalue weighted by Gasteiger charge is -2.12. The van der Waals surface area contributed by atoms with Crippen LogP contribution in [0.2, 0.25) is 0 Å². The molecule has 2 aromatic rings. The molecule has 0 aliphatic heterocycles. The minimum Gasteiger partial charge on any atom is -0.496 e. The molecule has 0 heterocycles. The lowest BCUT2D eigenvalue weighted by molar-refractivity contribution is 0.102. The largest absolute Gasteiger partial charge is 0.496 e. The van der Waals surface area contributed by atoms with Gasteiger partial charge in [0, 0.05) is 5.69 Å². The Labute approximate surface area is 116 Å². The Kier molecular flexibility index (Phi) is 4.20. The first-order chi connectivity index (χ1) is 9.65. The van der Waals surface area contributed by atoms with Crippen molar-refractivity contribution in [3.05, 3.63) is 53.8 Å². The molecule has 0 fully saturated rings. The van der Waals surface area contributed by atoms with Crippen LogP contribution in [0.1, 0.15) is 10.4 Å². The maximum absolute atomic E-state index is 12.8. The summed E-state index contributed by atoms with van der Waals surface area (Å²) in [5.74, 6) is 0.0664. The normalized spacial score (nSPS) is 9.95. The highest BCUT2D eigenvalue weighted by atomic mass is 19.1. The lowest BCUT2D eigenvalue weighted by Crippen LogP contribution is -2.14. The maximum atomic E-state index is 12.8. The van der Waals surface area contributed by atoms with E-state index in [2.05, 4.69) is 5.32 Å². The predicted molar refractivity (Wildman–Crippen MR) is 73.9 cm³/mol. The molecule has 0 aliphatic carbocycles. The van der Waals surface area contributed by atoms with Crippen molar-refractivity contribution in [1.82, 2.24) is 0 Å². The number of halogens is 1. The third-order valence-electron chi connectivity index (χ3n) is 2.76. The van der Waals surface area contributed by atoms with Crippen molar-refractivity contribution in [2.75, 3.05) is 19.5 Å². The Morgan fingerprint density at radius 2 is 1.55 bits per heavy atom. The second-order valence-electron chi connectivity index (χ2n) is 4.00. The summed E-state index contributed by atoms with van der Waals surface area (Å²) in [6, 6.07) is 10.6. The molecule has 0 spiro atoms. The first-order valence-electron chi connectivity index (χ1n) is 5.93. The van der Waals surface area contributed by atoms with E-state index in [1.54, 1.807) is 18.2 Å². The summed E-state index contributed by atoms with van der Waals surface area (Å²) in [5, 5.41) is 2.67. The van der Waals surface area contributed by atoms with Crippen LogP contribution in [0.3, 0.4) is 0 Å². The molecule has 2 aromatic carbocycles. The molecule has 0 bridgehead atoms. The van der Waals surface area contributed by atoms with Crippen molar-refractivity contribution >= 4 is 11.6 Å². The Bertz CT molecular complexity index is 589. The molecule has 5 heteroatoms. The molecule has 0 aliphatic rings. The summed E-state index contributed by atoms with van der Waals surface area (Å²) in [6.07, 6.45) is 0. The summed E-state index contributed by atoms with van der Waals surface area (Å²) in [5.41, 5.74) is 0.784. The quantitative estimate of drug-likeness (QED) is 0.932. The van der Waals surface area contributed by atoms with Crippen LogP contribution in [-0.2, 0) is 0 Å². The number of methoxy groups -OCH3 is 2. The van der Waals surface area contributed by atoms with Gasteiger partial charge in [-0.15, -0.1) is 0 Å². The molecule has 20 heavy (non-hydrogen) atoms. The Morgan fingerprint density at radius 3 is 2.05 bits per heavy atom. The van der Waals surface area contributed by atoms with Crippen molar-refractivity contribution in [1.29, 1.82) is 0 Å². The molecule has 1 amide bonds. The molecule has 1 N–H and O–H groups in total. The number of hydrogen-bond donors (Lipinski definition) is 1. The van der Waals surface area contributed by atoms with E-state index < -0.39 is 0 Å². The Balaban J connectivity index is 2.31. The second kappa shape index (κ2) is 6.06. The van der Waals surface area contributed by atoms with Crippen LogP contribution in [0.4, 0.5) is 10.1 Å². The van der Waals surface area contributed by atoms with Gasteiger partial charge in [0.2, 0.25) is 0 Å². The monoisotopic (exact) mass is 275 g/mol. The highest BCUT2D eigenvalue weighted by Crippen LogP contribution is 2.29. The number of ether oxygens (including phenoxy) is 2. The average Bonchev–Trinajstić information content (AvgIpc) is 2.48. The van der Waals surface area contributed by atoms with E-state index in [0.717, 1.165) is 0 Å². The van der Waals surface area contributed by atoms with Crippen molar-refractivity contribution in [2.45, 2.75) is 0 Å². The number of hydrogen-bond acceptors (Lipinski definition) is 3. The summed E-state index contributed by atoms with van der Waals surface area (Å²) in [6.45, 7) is 0. The number of anilines is 1. The van der Waals surface area contributed by atoms with Crippen molar-refractivity contribution in [3.8, 4) is 11.5 Å². The number of amides is 1. The SMILES string of the molecule is COc1cccc(OC)c1C(=O)Nc1ccc(F)cc1. The molecule has 0 aromatic heterocycles. The van der Waals surface area contributed by atoms with Gasteiger partial charge in [0.25, 0.3) is 5.91 Å². The Hall–Kier alpha value is -2.56. The van der Waals surface area contributed by atoms with E-state index >= 15 is 0 Å². The van der Waals surface area contributed by atoms with Gasteiger partial charge in [0.05, 0.1) is 14.2 Å². The predicted octanol–water partition coefficient (Wildman–Crippen LogP) is 3.10. The van der Waals surface area contributed by atoms with Crippen LogP contribution >= 0.6 is 0 Å². The van der Waals surface area contributed by atoms with Gasteiger partial charge < -0.3 is 14.8 Å². The zero-order chi connectivity index (χ0) is 14.5. The number of carbonyl (C=O) groups is 1. The fourth-order valence-electron chi connectivity index (χ4n) is 1.80. The minimum atomic E-state index is -0.383. The number of carbonyl (C=O) groups excluding carboxylic acids is 1. The van der Waals surface area contributed by atoms with Crippen molar-refractivity contribution < 1.29 is 18.7 Å². The van der Waals surface area contributed by atoms with E-state index in [4.69, 9.17) is 9.47 Å². The van der Waals surface area contributed by atoms with Gasteiger partial charge in [-0.3, -0.25) is 4.79 Å². The van der Waals surface area contributed by atoms with E-state index in [1.165, 1.54) is 38.5 Å². The molecule has 0 atom stereocenters. The Morgan fingerprint density at radius 1 is 1.00 bits per heavy atom. The lowest BCUT2D eigenvalue weighted by atomic mass is 10.1. The maximum Gasteiger partial charge on any atom is 0.263 e. The van der Waals surface area contributed by atoms with Crippen LogP contribution in [-0.4, -0.2) is 20.1 Å². The average molecular weight is 275 g/mol. The highest BCUT2D eigenvalue weighted by molar-refractivity contribution is 6.08. The van der Waals surface area contributed by atoms with Crippen LogP contribution in [0.15, 0.2) is 42.5 Å². The molecular formula is C15H14FNO3. The standard InChI is InChI=1S/C15H14FNO3/c1-19-12-4-3-5-13(20-2)14(12)15(18)17-11-8-6-10(16)7-9-11/h3-9H,1-2H3,(H,17,18). The molecule has 4 nitrogen and oxygen atoms in total. The second-order valence-corrected chi connectivity index (χ2v) is 4.00. The van der Waals surface area contributed by atoms with Gasteiger partial charge >= 0.3 is 0 Å². The van der Waals surface area contributed by atoms with Crippen LogP contribution < -0.4 is 14.8 Å². The van der Waals surface area contributed by atoms with E-state index in [9.17, 15) is 9.18 Å². The fourth-order valence-corrected chi connectivity index (χ4v) is 1.80. The summed E-state index contributed by atoms with van der Waals surface area (Å²) in [4.78, 5) is 12.3. The first kappa shape index (κ1) is 13.9. The van der Waals surface area contributed by atoms with Crippen LogP contribution in [0.5, 0.6) is 11.5 Å². The van der Waals surface area contributed by atoms with Gasteiger partial charge in [-0.25, -0.2) is 4.39 Å². The molecule has 2 rings (SSSR count). The third-order valence-corrected chi connectivity index (χ3v) is 2.76. The molecule has 104 valence electrons. The zero-order valence-electron chi connectivity index (χ0n) is 11.1. The van der Waals surface area contributed by atoms with Gasteiger partial charge in [-0.2, -0.15) is 0 Å². The van der Waals surface area contributed by atoms with E-state index in [-0.39, 0.29) is 11.7 Å². The highest BCUT2D eigenvalue weighted by Gasteiger charge is 2.18. The van der Waals surface area contributed by atoms with E-state index in [1.807, 2.05) is 0 Å². The van der Waals surface area contributed by atoms with Crippen LogP contribution in [0, 0.1) is 5.82 Å². The smallest absolute Gasteiger partial charge is 0.263 e. The molecule has 0 radical (unpaired) electrons. The topological polar surface area (TPSA) is 47.6 Å². The minimum absolute atomic E-state index is 0.293. The van der Waals surface area contributed by atoms with Gasteiger partial charge in [0.15, 0.2) is 0 Å². The third kappa shape index (κ3) is 2.88. The fraction of sp³-hybridized carbons (Fsp3) is 0.133. The van der Waals surface area contributed by atoms with Gasteiger partial charge in [0.1, 0.15) is 22.9 Å². The number of nitrogens with one attached hydrogen (secondary N) is 1. The zero-order valence-corrected chi connectivity index (χ0v) is 11.1. The summed E-state index contributed by atoms with van der Waals surface area (Å²) >= 11 is 0. The molecule has 0 saturated heterocycles. The van der Waals surface area contributed by atoms with Gasteiger partial charge in [-0.1, -0.05) is 6.07 Å². The molecule has 0 unspecified atom stereocenters. The van der Waals surface area contributed by atoms with Crippen molar-refractivity contribution in [2.24, 2.45) is 0 Å². The summed E-state index contributed by atoms with van der Waals surface area (Å²) < 4.78 is 23.2. The molecule has 0 saturated carbocycles. The molecular weight excluding hydrogens is 261 g/mol.